The maximum Gasteiger partial charge on any atom is 0.266 e. The second-order valence-corrected chi connectivity index (χ2v) is 15.0. The Bertz CT molecular complexity index is 1020. The number of aliphatic hydroxyl groups excluding tert-OH is 3. The molecule has 11 heteroatoms. The minimum atomic E-state index is -4.16. The van der Waals surface area contributed by atoms with Crippen molar-refractivity contribution in [3.8, 4) is 0 Å². The van der Waals surface area contributed by atoms with Crippen LogP contribution in [0.5, 0.6) is 0 Å². The highest BCUT2D eigenvalue weighted by Crippen LogP contribution is 2.68. The third-order valence-corrected chi connectivity index (χ3v) is 12.2. The van der Waals surface area contributed by atoms with Gasteiger partial charge in [-0.2, -0.15) is 8.42 Å². The van der Waals surface area contributed by atoms with E-state index in [0.717, 1.165) is 38.5 Å². The summed E-state index contributed by atoms with van der Waals surface area (Å²) in [5, 5.41) is 38.3. The van der Waals surface area contributed by atoms with Gasteiger partial charge in [-0.05, 0) is 97.7 Å². The Labute approximate surface area is 232 Å². The van der Waals surface area contributed by atoms with Gasteiger partial charge in [0, 0.05) is 13.0 Å². The molecule has 0 heterocycles. The summed E-state index contributed by atoms with van der Waals surface area (Å²) in [4.78, 5) is 24.2. The van der Waals surface area contributed by atoms with E-state index in [1.165, 1.54) is 0 Å². The van der Waals surface area contributed by atoms with E-state index in [-0.39, 0.29) is 77.9 Å². The lowest BCUT2D eigenvalue weighted by atomic mass is 9.43. The molecule has 0 aromatic carbocycles. The van der Waals surface area contributed by atoms with Crippen molar-refractivity contribution in [1.82, 2.24) is 10.6 Å². The molecule has 0 spiro atoms. The number of carbonyl (C=O) groups is 2. The molecule has 0 aliphatic heterocycles. The highest BCUT2D eigenvalue weighted by Gasteiger charge is 2.65. The number of nitrogens with one attached hydrogen (secondary N) is 2. The van der Waals surface area contributed by atoms with Crippen LogP contribution >= 0.6 is 0 Å². The van der Waals surface area contributed by atoms with Gasteiger partial charge in [-0.15, -0.1) is 0 Å². The van der Waals surface area contributed by atoms with E-state index in [0.29, 0.717) is 12.8 Å². The van der Waals surface area contributed by atoms with Crippen LogP contribution in [0.15, 0.2) is 0 Å². The molecule has 0 aromatic heterocycles. The van der Waals surface area contributed by atoms with Gasteiger partial charge in [-0.3, -0.25) is 14.1 Å². The van der Waals surface area contributed by atoms with Crippen molar-refractivity contribution in [2.24, 2.45) is 46.3 Å². The van der Waals surface area contributed by atoms with Crippen LogP contribution in [0.3, 0.4) is 0 Å². The second-order valence-electron chi connectivity index (χ2n) is 13.5. The lowest BCUT2D eigenvalue weighted by molar-refractivity contribution is -0.207. The van der Waals surface area contributed by atoms with Gasteiger partial charge in [-0.25, -0.2) is 0 Å². The van der Waals surface area contributed by atoms with Crippen LogP contribution in [-0.4, -0.2) is 77.3 Å². The van der Waals surface area contributed by atoms with E-state index in [1.807, 2.05) is 0 Å². The van der Waals surface area contributed by atoms with E-state index in [1.54, 1.807) is 0 Å². The normalized spacial score (nSPS) is 42.5. The molecule has 6 N–H and O–H groups in total. The van der Waals surface area contributed by atoms with Crippen LogP contribution in [0.25, 0.3) is 0 Å². The Hall–Kier alpha value is -1.27. The van der Waals surface area contributed by atoms with Crippen LogP contribution in [-0.2, 0) is 19.7 Å². The van der Waals surface area contributed by atoms with E-state index in [4.69, 9.17) is 4.55 Å². The highest BCUT2D eigenvalue weighted by molar-refractivity contribution is 7.85. The van der Waals surface area contributed by atoms with Gasteiger partial charge in [-0.1, -0.05) is 20.8 Å². The van der Waals surface area contributed by atoms with E-state index < -0.39 is 34.0 Å². The van der Waals surface area contributed by atoms with Crippen molar-refractivity contribution in [3.63, 3.8) is 0 Å². The summed E-state index contributed by atoms with van der Waals surface area (Å²) in [6, 6.07) is 0. The quantitative estimate of drug-likeness (QED) is 0.225. The summed E-state index contributed by atoms with van der Waals surface area (Å²) < 4.78 is 30.2. The summed E-state index contributed by atoms with van der Waals surface area (Å²) in [5.74, 6) is -0.0801. The minimum Gasteiger partial charge on any atom is -0.393 e. The summed E-state index contributed by atoms with van der Waals surface area (Å²) >= 11 is 0. The molecular weight excluding hydrogens is 524 g/mol. The second kappa shape index (κ2) is 11.5. The van der Waals surface area contributed by atoms with Gasteiger partial charge in [0.05, 0.1) is 30.6 Å². The minimum absolute atomic E-state index is 0.0336. The predicted molar refractivity (Wildman–Crippen MR) is 145 cm³/mol. The van der Waals surface area contributed by atoms with Gasteiger partial charge in [0.1, 0.15) is 0 Å². The predicted octanol–water partition coefficient (Wildman–Crippen LogP) is 1.48. The van der Waals surface area contributed by atoms with Crippen molar-refractivity contribution >= 4 is 21.9 Å². The number of fused-ring (bicyclic) bond motifs is 5. The molecule has 10 nitrogen and oxygen atoms in total. The van der Waals surface area contributed by atoms with Gasteiger partial charge in [0.15, 0.2) is 0 Å². The summed E-state index contributed by atoms with van der Waals surface area (Å²) in [7, 11) is -4.16. The molecule has 4 aliphatic carbocycles. The molecule has 0 saturated heterocycles. The molecule has 2 amide bonds. The SMILES string of the molecule is C[C@H](CCC(=O)NCC(=O)NCCS(=O)(=O)O)[C@@H]1CCC2[C@H]3[C@H](O)CC4C[C@H](O)CCC4(C)[C@@H]3C[C@H](O)[C@]21C. The number of carbonyl (C=O) groups excluding carboxylic acids is 2. The molecule has 0 bridgehead atoms. The first-order valence-electron chi connectivity index (χ1n) is 14.7. The van der Waals surface area contributed by atoms with Gasteiger partial charge >= 0.3 is 0 Å². The van der Waals surface area contributed by atoms with Crippen molar-refractivity contribution < 1.29 is 37.9 Å². The van der Waals surface area contributed by atoms with Gasteiger partial charge in [0.25, 0.3) is 10.1 Å². The summed E-state index contributed by atoms with van der Waals surface area (Å²) in [6.45, 7) is 6.15. The average Bonchev–Trinajstić information content (AvgIpc) is 3.20. The summed E-state index contributed by atoms with van der Waals surface area (Å²) in [6.07, 6.45) is 5.44. The zero-order valence-electron chi connectivity index (χ0n) is 23.5. The fourth-order valence-corrected chi connectivity index (χ4v) is 9.70. The molecule has 224 valence electrons. The Morgan fingerprint density at radius 3 is 2.38 bits per heavy atom. The average molecular weight is 573 g/mol. The third kappa shape index (κ3) is 6.17. The largest absolute Gasteiger partial charge is 0.393 e. The smallest absolute Gasteiger partial charge is 0.266 e. The van der Waals surface area contributed by atoms with Crippen LogP contribution in [0.2, 0.25) is 0 Å². The van der Waals surface area contributed by atoms with Crippen LogP contribution in [0.1, 0.15) is 78.6 Å². The molecule has 11 atom stereocenters. The van der Waals surface area contributed by atoms with Crippen molar-refractivity contribution in [2.45, 2.75) is 96.9 Å². The standard InChI is InChI=1S/C28H48N2O8S/c1-16(4-7-24(34)30-15-25(35)29-10-11-39(36,37)38)19-5-6-20-26-21(14-23(33)28(19,20)3)27(2)9-8-18(31)12-17(27)13-22(26)32/h16-23,26,31-33H,4-15H2,1-3H3,(H,29,35)(H,30,34)(H,36,37,38)/t16-,17?,18-,19+,20?,21-,22-,23+,26-,27?,28+/m1/s1. The maximum atomic E-state index is 12.4. The molecule has 0 aromatic rings. The molecule has 3 unspecified atom stereocenters. The molecule has 4 aliphatic rings. The monoisotopic (exact) mass is 572 g/mol. The fourth-order valence-electron chi connectivity index (χ4n) is 9.34. The molecule has 4 saturated carbocycles. The maximum absolute atomic E-state index is 12.4. The summed E-state index contributed by atoms with van der Waals surface area (Å²) in [5.41, 5.74) is -0.297. The molecule has 0 radical (unpaired) electrons. The molecule has 4 fully saturated rings. The molecular formula is C28H48N2O8S. The van der Waals surface area contributed by atoms with Gasteiger partial charge in [0.2, 0.25) is 11.8 Å². The van der Waals surface area contributed by atoms with E-state index in [2.05, 4.69) is 31.4 Å². The molecule has 4 rings (SSSR count). The fraction of sp³-hybridized carbons (Fsp3) is 0.929. The Morgan fingerprint density at radius 2 is 1.69 bits per heavy atom. The molecule has 39 heavy (non-hydrogen) atoms. The third-order valence-electron chi connectivity index (χ3n) is 11.5. The number of hydrogen-bond donors (Lipinski definition) is 6. The lowest BCUT2D eigenvalue weighted by Crippen LogP contribution is -2.62. The Balaban J connectivity index is 1.33. The number of aliphatic hydroxyl groups is 3. The number of rotatable bonds is 9. The zero-order chi connectivity index (χ0) is 28.8. The topological polar surface area (TPSA) is 173 Å². The van der Waals surface area contributed by atoms with Crippen molar-refractivity contribution in [1.29, 1.82) is 0 Å². The Kier molecular flexibility index (Phi) is 9.08. The van der Waals surface area contributed by atoms with Crippen LogP contribution in [0.4, 0.5) is 0 Å². The lowest BCUT2D eigenvalue weighted by Gasteiger charge is -2.63. The van der Waals surface area contributed by atoms with E-state index in [9.17, 15) is 33.3 Å². The zero-order valence-corrected chi connectivity index (χ0v) is 24.3. The van der Waals surface area contributed by atoms with Crippen molar-refractivity contribution in [2.75, 3.05) is 18.8 Å². The first kappa shape index (κ1) is 30.7. The number of hydrogen-bond acceptors (Lipinski definition) is 7. The van der Waals surface area contributed by atoms with Gasteiger partial charge < -0.3 is 26.0 Å². The van der Waals surface area contributed by atoms with Crippen LogP contribution < -0.4 is 10.6 Å². The highest BCUT2D eigenvalue weighted by atomic mass is 32.2. The first-order chi connectivity index (χ1) is 18.2. The van der Waals surface area contributed by atoms with Crippen molar-refractivity contribution in [3.05, 3.63) is 0 Å². The first-order valence-corrected chi connectivity index (χ1v) is 16.3. The Morgan fingerprint density at radius 1 is 0.974 bits per heavy atom. The van der Waals surface area contributed by atoms with Crippen LogP contribution in [0, 0.1) is 46.3 Å². The van der Waals surface area contributed by atoms with E-state index >= 15 is 0 Å². The number of amides is 2.